The molecule has 62 valence electrons. The minimum Gasteiger partial charge on any atom is -0.448 e. The van der Waals surface area contributed by atoms with Gasteiger partial charge >= 0.3 is 0 Å². The van der Waals surface area contributed by atoms with Crippen LogP contribution in [0.2, 0.25) is 0 Å². The SMILES string of the molecule is Cc1ocnc1CSC(C)C. The normalized spacial score (nSPS) is 10.9. The fourth-order valence-electron chi connectivity index (χ4n) is 0.712. The summed E-state index contributed by atoms with van der Waals surface area (Å²) in [4.78, 5) is 4.10. The Hall–Kier alpha value is -0.440. The number of oxazole rings is 1. The molecule has 0 aliphatic heterocycles. The van der Waals surface area contributed by atoms with Crippen molar-refractivity contribution in [2.24, 2.45) is 0 Å². The Kier molecular flexibility index (Phi) is 3.00. The first-order valence-electron chi connectivity index (χ1n) is 3.70. The highest BCUT2D eigenvalue weighted by atomic mass is 32.2. The maximum Gasteiger partial charge on any atom is 0.181 e. The van der Waals surface area contributed by atoms with Crippen molar-refractivity contribution in [2.45, 2.75) is 31.8 Å². The molecule has 0 aromatic carbocycles. The molecule has 0 unspecified atom stereocenters. The van der Waals surface area contributed by atoms with Crippen LogP contribution < -0.4 is 0 Å². The fraction of sp³-hybridized carbons (Fsp3) is 0.625. The summed E-state index contributed by atoms with van der Waals surface area (Å²) in [7, 11) is 0. The van der Waals surface area contributed by atoms with E-state index in [1.54, 1.807) is 0 Å². The predicted octanol–water partition coefficient (Wildman–Crippen LogP) is 2.62. The summed E-state index contributed by atoms with van der Waals surface area (Å²) in [5.41, 5.74) is 1.07. The van der Waals surface area contributed by atoms with Crippen LogP contribution in [-0.4, -0.2) is 10.2 Å². The quantitative estimate of drug-likeness (QED) is 0.699. The van der Waals surface area contributed by atoms with Gasteiger partial charge in [0.1, 0.15) is 5.76 Å². The van der Waals surface area contributed by atoms with E-state index >= 15 is 0 Å². The van der Waals surface area contributed by atoms with Gasteiger partial charge in [0.15, 0.2) is 6.39 Å². The number of hydrogen-bond acceptors (Lipinski definition) is 3. The van der Waals surface area contributed by atoms with E-state index in [4.69, 9.17) is 4.42 Å². The zero-order valence-electron chi connectivity index (χ0n) is 7.13. The summed E-state index contributed by atoms with van der Waals surface area (Å²) in [6, 6.07) is 0. The number of rotatable bonds is 3. The highest BCUT2D eigenvalue weighted by Gasteiger charge is 2.03. The molecule has 1 aromatic heterocycles. The first kappa shape index (κ1) is 8.65. The third kappa shape index (κ3) is 2.58. The summed E-state index contributed by atoms with van der Waals surface area (Å²) in [6.07, 6.45) is 1.51. The van der Waals surface area contributed by atoms with Gasteiger partial charge in [-0.25, -0.2) is 4.98 Å². The molecular weight excluding hydrogens is 158 g/mol. The van der Waals surface area contributed by atoms with Crippen molar-refractivity contribution in [1.82, 2.24) is 4.98 Å². The maximum atomic E-state index is 5.07. The van der Waals surface area contributed by atoms with E-state index in [-0.39, 0.29) is 0 Å². The van der Waals surface area contributed by atoms with Gasteiger partial charge in [-0.2, -0.15) is 11.8 Å². The standard InChI is InChI=1S/C8H13NOS/c1-6(2)11-4-8-7(3)10-5-9-8/h5-6H,4H2,1-3H3. The van der Waals surface area contributed by atoms with Gasteiger partial charge < -0.3 is 4.42 Å². The van der Waals surface area contributed by atoms with Gasteiger partial charge in [-0.3, -0.25) is 0 Å². The molecule has 0 radical (unpaired) electrons. The van der Waals surface area contributed by atoms with Crippen molar-refractivity contribution in [2.75, 3.05) is 0 Å². The van der Waals surface area contributed by atoms with Gasteiger partial charge in [0, 0.05) is 5.75 Å². The summed E-state index contributed by atoms with van der Waals surface area (Å²) >= 11 is 1.88. The molecule has 1 rings (SSSR count). The lowest BCUT2D eigenvalue weighted by atomic mass is 10.4. The minimum atomic E-state index is 0.658. The third-order valence-electron chi connectivity index (χ3n) is 1.40. The van der Waals surface area contributed by atoms with E-state index in [1.165, 1.54) is 6.39 Å². The largest absolute Gasteiger partial charge is 0.448 e. The Balaban J connectivity index is 2.44. The Morgan fingerprint density at radius 1 is 1.64 bits per heavy atom. The van der Waals surface area contributed by atoms with E-state index in [0.29, 0.717) is 5.25 Å². The van der Waals surface area contributed by atoms with E-state index in [1.807, 2.05) is 18.7 Å². The third-order valence-corrected chi connectivity index (χ3v) is 2.50. The maximum absolute atomic E-state index is 5.07. The molecule has 1 aromatic rings. The molecule has 0 bridgehead atoms. The van der Waals surface area contributed by atoms with E-state index < -0.39 is 0 Å². The van der Waals surface area contributed by atoms with Crippen LogP contribution in [0.5, 0.6) is 0 Å². The van der Waals surface area contributed by atoms with Gasteiger partial charge in [0.05, 0.1) is 5.69 Å². The van der Waals surface area contributed by atoms with E-state index in [9.17, 15) is 0 Å². The minimum absolute atomic E-state index is 0.658. The molecular formula is C8H13NOS. The lowest BCUT2D eigenvalue weighted by Gasteiger charge is -2.01. The van der Waals surface area contributed by atoms with E-state index in [0.717, 1.165) is 17.2 Å². The summed E-state index contributed by atoms with van der Waals surface area (Å²) < 4.78 is 5.07. The summed E-state index contributed by atoms with van der Waals surface area (Å²) in [6.45, 7) is 6.31. The summed E-state index contributed by atoms with van der Waals surface area (Å²) in [5, 5.41) is 0.658. The van der Waals surface area contributed by atoms with Crippen LogP contribution in [0.25, 0.3) is 0 Å². The Morgan fingerprint density at radius 3 is 2.82 bits per heavy atom. The first-order valence-corrected chi connectivity index (χ1v) is 4.75. The van der Waals surface area contributed by atoms with Gasteiger partial charge in [0.25, 0.3) is 0 Å². The molecule has 0 amide bonds. The van der Waals surface area contributed by atoms with Crippen LogP contribution in [0, 0.1) is 6.92 Å². The first-order chi connectivity index (χ1) is 5.20. The molecule has 0 aliphatic rings. The summed E-state index contributed by atoms with van der Waals surface area (Å²) in [5.74, 6) is 1.90. The number of thioether (sulfide) groups is 1. The molecule has 2 nitrogen and oxygen atoms in total. The van der Waals surface area contributed by atoms with Gasteiger partial charge in [0.2, 0.25) is 0 Å². The zero-order valence-corrected chi connectivity index (χ0v) is 7.94. The molecule has 1 heterocycles. The van der Waals surface area contributed by atoms with Crippen molar-refractivity contribution in [3.8, 4) is 0 Å². The monoisotopic (exact) mass is 171 g/mol. The molecule has 0 fully saturated rings. The highest BCUT2D eigenvalue weighted by Crippen LogP contribution is 2.17. The second kappa shape index (κ2) is 3.81. The van der Waals surface area contributed by atoms with Crippen LogP contribution >= 0.6 is 11.8 Å². The Labute approximate surface area is 71.4 Å². The van der Waals surface area contributed by atoms with Crippen molar-refractivity contribution in [3.05, 3.63) is 17.8 Å². The van der Waals surface area contributed by atoms with Crippen molar-refractivity contribution < 1.29 is 4.42 Å². The van der Waals surface area contributed by atoms with E-state index in [2.05, 4.69) is 18.8 Å². The highest BCUT2D eigenvalue weighted by molar-refractivity contribution is 7.99. The Morgan fingerprint density at radius 2 is 2.36 bits per heavy atom. The van der Waals surface area contributed by atoms with Crippen LogP contribution in [0.3, 0.4) is 0 Å². The lowest BCUT2D eigenvalue weighted by Crippen LogP contribution is -1.90. The van der Waals surface area contributed by atoms with Crippen LogP contribution in [0.4, 0.5) is 0 Å². The Bertz CT molecular complexity index is 220. The topological polar surface area (TPSA) is 26.0 Å². The van der Waals surface area contributed by atoms with Crippen LogP contribution in [0.1, 0.15) is 25.3 Å². The second-order valence-corrected chi connectivity index (χ2v) is 4.28. The smallest absolute Gasteiger partial charge is 0.181 e. The van der Waals surface area contributed by atoms with Crippen molar-refractivity contribution in [1.29, 1.82) is 0 Å². The molecule has 0 spiro atoms. The lowest BCUT2D eigenvalue weighted by molar-refractivity contribution is 0.525. The average Bonchev–Trinajstić information content (AvgIpc) is 2.31. The van der Waals surface area contributed by atoms with Crippen molar-refractivity contribution >= 4 is 11.8 Å². The molecule has 0 N–H and O–H groups in total. The molecule has 0 aliphatic carbocycles. The average molecular weight is 171 g/mol. The predicted molar refractivity (Wildman–Crippen MR) is 47.7 cm³/mol. The number of hydrogen-bond donors (Lipinski definition) is 0. The van der Waals surface area contributed by atoms with Crippen molar-refractivity contribution in [3.63, 3.8) is 0 Å². The fourth-order valence-corrected chi connectivity index (χ4v) is 1.48. The zero-order chi connectivity index (χ0) is 8.27. The molecule has 11 heavy (non-hydrogen) atoms. The van der Waals surface area contributed by atoms with Gasteiger partial charge in [-0.15, -0.1) is 0 Å². The number of aromatic nitrogens is 1. The molecule has 0 saturated heterocycles. The molecule has 3 heteroatoms. The van der Waals surface area contributed by atoms with Crippen LogP contribution in [0.15, 0.2) is 10.8 Å². The van der Waals surface area contributed by atoms with Crippen LogP contribution in [-0.2, 0) is 5.75 Å². The molecule has 0 atom stereocenters. The number of nitrogens with zero attached hydrogens (tertiary/aromatic N) is 1. The molecule has 0 saturated carbocycles. The van der Waals surface area contributed by atoms with Gasteiger partial charge in [-0.1, -0.05) is 13.8 Å². The number of aryl methyl sites for hydroxylation is 1. The van der Waals surface area contributed by atoms with Gasteiger partial charge in [-0.05, 0) is 12.2 Å². The second-order valence-electron chi connectivity index (χ2n) is 2.71.